The summed E-state index contributed by atoms with van der Waals surface area (Å²) in [5, 5.41) is 6.88. The summed E-state index contributed by atoms with van der Waals surface area (Å²) < 4.78 is 0. The predicted octanol–water partition coefficient (Wildman–Crippen LogP) is 3.52. The first-order valence-corrected chi connectivity index (χ1v) is 10.4. The smallest absolute Gasteiger partial charge is 0.261 e. The zero-order valence-corrected chi connectivity index (χ0v) is 17.9. The Morgan fingerprint density at radius 2 is 1.53 bits per heavy atom. The Morgan fingerprint density at radius 1 is 0.906 bits per heavy atom. The molecule has 1 aliphatic heterocycles. The maximum atomic E-state index is 12.9. The summed E-state index contributed by atoms with van der Waals surface area (Å²) >= 11 is 0. The molecule has 4 amide bonds. The van der Waals surface area contributed by atoms with Gasteiger partial charge in [-0.1, -0.05) is 36.4 Å². The van der Waals surface area contributed by atoms with Crippen LogP contribution in [0.15, 0.2) is 54.6 Å². The number of nitrogens with zero attached hydrogens (tertiary/aromatic N) is 1. The molecule has 0 saturated carbocycles. The van der Waals surface area contributed by atoms with Crippen molar-refractivity contribution in [3.63, 3.8) is 0 Å². The number of carbonyl (C=O) groups excluding carboxylic acids is 4. The van der Waals surface area contributed by atoms with Gasteiger partial charge in [0.2, 0.25) is 5.91 Å². The molecule has 2 N–H and O–H groups in total. The van der Waals surface area contributed by atoms with Crippen LogP contribution in [-0.4, -0.2) is 42.1 Å². The van der Waals surface area contributed by atoms with Gasteiger partial charge in [-0.2, -0.15) is 0 Å². The van der Waals surface area contributed by atoms with Crippen molar-refractivity contribution < 1.29 is 19.2 Å². The lowest BCUT2D eigenvalue weighted by Gasteiger charge is -2.27. The van der Waals surface area contributed by atoms with E-state index in [1.165, 1.54) is 11.9 Å². The molecule has 0 spiro atoms. The molecule has 7 heteroatoms. The van der Waals surface area contributed by atoms with Crippen molar-refractivity contribution in [2.45, 2.75) is 19.8 Å². The van der Waals surface area contributed by atoms with E-state index in [0.29, 0.717) is 34.2 Å². The highest BCUT2D eigenvalue weighted by atomic mass is 16.2. The van der Waals surface area contributed by atoms with Crippen LogP contribution in [0.3, 0.4) is 0 Å². The molecule has 0 aliphatic carbocycles. The minimum absolute atomic E-state index is 0.101. The molecule has 162 valence electrons. The predicted molar refractivity (Wildman–Crippen MR) is 122 cm³/mol. The zero-order chi connectivity index (χ0) is 22.8. The lowest BCUT2D eigenvalue weighted by Crippen LogP contribution is -2.41. The summed E-state index contributed by atoms with van der Waals surface area (Å²) in [5.74, 6) is -1.27. The van der Waals surface area contributed by atoms with Crippen LogP contribution in [0.4, 0.5) is 5.69 Å². The van der Waals surface area contributed by atoms with E-state index in [1.807, 2.05) is 12.1 Å². The third kappa shape index (κ3) is 3.73. The molecule has 4 rings (SSSR count). The van der Waals surface area contributed by atoms with Crippen molar-refractivity contribution in [1.82, 2.24) is 10.2 Å². The van der Waals surface area contributed by atoms with Gasteiger partial charge in [0, 0.05) is 36.5 Å². The number of hydrogen-bond acceptors (Lipinski definition) is 4. The fourth-order valence-electron chi connectivity index (χ4n) is 4.09. The Kier molecular flexibility index (Phi) is 5.73. The van der Waals surface area contributed by atoms with Gasteiger partial charge in [0.25, 0.3) is 17.7 Å². The highest BCUT2D eigenvalue weighted by Crippen LogP contribution is 2.30. The average Bonchev–Trinajstić information content (AvgIpc) is 2.79. The van der Waals surface area contributed by atoms with Crippen LogP contribution in [0.1, 0.15) is 49.5 Å². The Balaban J connectivity index is 1.44. The summed E-state index contributed by atoms with van der Waals surface area (Å²) in [4.78, 5) is 51.7. The van der Waals surface area contributed by atoms with E-state index < -0.39 is 0 Å². The van der Waals surface area contributed by atoms with E-state index in [4.69, 9.17) is 0 Å². The number of rotatable bonds is 6. The van der Waals surface area contributed by atoms with Crippen molar-refractivity contribution in [3.8, 4) is 0 Å². The standard InChI is InChI=1S/C25H23N3O4/c1-15-7-3-12-19(21(15)23(30)26-2)27-20(29)13-6-14-28-24(31)17-10-4-8-16-9-5-11-18(22(16)17)25(28)32/h3-5,7-12H,6,13-14H2,1-2H3,(H,26,30)(H,27,29). The molecule has 0 atom stereocenters. The number of aryl methyl sites for hydroxylation is 1. The van der Waals surface area contributed by atoms with Gasteiger partial charge in [-0.15, -0.1) is 0 Å². The second kappa shape index (κ2) is 8.63. The van der Waals surface area contributed by atoms with Gasteiger partial charge in [0.15, 0.2) is 0 Å². The van der Waals surface area contributed by atoms with Gasteiger partial charge in [-0.05, 0) is 42.5 Å². The van der Waals surface area contributed by atoms with Gasteiger partial charge < -0.3 is 10.6 Å². The number of benzene rings is 3. The van der Waals surface area contributed by atoms with Gasteiger partial charge in [-0.25, -0.2) is 0 Å². The molecule has 3 aromatic rings. The van der Waals surface area contributed by atoms with Crippen molar-refractivity contribution in [1.29, 1.82) is 0 Å². The lowest BCUT2D eigenvalue weighted by atomic mass is 9.94. The molecule has 0 saturated heterocycles. The van der Waals surface area contributed by atoms with Crippen LogP contribution in [0.2, 0.25) is 0 Å². The van der Waals surface area contributed by atoms with Crippen LogP contribution < -0.4 is 10.6 Å². The lowest BCUT2D eigenvalue weighted by molar-refractivity contribution is -0.116. The first kappa shape index (κ1) is 21.2. The van der Waals surface area contributed by atoms with E-state index in [0.717, 1.165) is 10.9 Å². The number of carbonyl (C=O) groups is 4. The molecular formula is C25H23N3O4. The van der Waals surface area contributed by atoms with E-state index in [-0.39, 0.29) is 36.6 Å². The third-order valence-corrected chi connectivity index (χ3v) is 5.64. The van der Waals surface area contributed by atoms with Gasteiger partial charge in [-0.3, -0.25) is 24.1 Å². The van der Waals surface area contributed by atoms with Gasteiger partial charge in [0.1, 0.15) is 0 Å². The molecule has 3 aromatic carbocycles. The van der Waals surface area contributed by atoms with E-state index in [1.54, 1.807) is 49.4 Å². The van der Waals surface area contributed by atoms with Crippen LogP contribution in [0.5, 0.6) is 0 Å². The fourth-order valence-corrected chi connectivity index (χ4v) is 4.09. The second-order valence-electron chi connectivity index (χ2n) is 7.70. The first-order valence-electron chi connectivity index (χ1n) is 10.4. The van der Waals surface area contributed by atoms with Crippen molar-refractivity contribution >= 4 is 40.1 Å². The number of nitrogens with one attached hydrogen (secondary N) is 2. The summed E-state index contributed by atoms with van der Waals surface area (Å²) in [7, 11) is 1.53. The maximum Gasteiger partial charge on any atom is 0.261 e. The highest BCUT2D eigenvalue weighted by molar-refractivity contribution is 6.25. The summed E-state index contributed by atoms with van der Waals surface area (Å²) in [6.07, 6.45) is 0.409. The first-order chi connectivity index (χ1) is 15.4. The molecule has 0 aromatic heterocycles. The monoisotopic (exact) mass is 429 g/mol. The largest absolute Gasteiger partial charge is 0.355 e. The third-order valence-electron chi connectivity index (χ3n) is 5.64. The topological polar surface area (TPSA) is 95.6 Å². The molecule has 0 unspecified atom stereocenters. The highest BCUT2D eigenvalue weighted by Gasteiger charge is 2.32. The fraction of sp³-hybridized carbons (Fsp3) is 0.200. The summed E-state index contributed by atoms with van der Waals surface area (Å²) in [6.45, 7) is 1.93. The van der Waals surface area contributed by atoms with Crippen LogP contribution in [0.25, 0.3) is 10.8 Å². The van der Waals surface area contributed by atoms with Crippen LogP contribution in [0, 0.1) is 6.92 Å². The molecular weight excluding hydrogens is 406 g/mol. The number of hydrogen-bond donors (Lipinski definition) is 2. The molecule has 0 bridgehead atoms. The van der Waals surface area contributed by atoms with Crippen molar-refractivity contribution in [2.24, 2.45) is 0 Å². The number of anilines is 1. The van der Waals surface area contributed by atoms with Crippen molar-refractivity contribution in [2.75, 3.05) is 18.9 Å². The van der Waals surface area contributed by atoms with Gasteiger partial charge >= 0.3 is 0 Å². The quantitative estimate of drug-likeness (QED) is 0.586. The van der Waals surface area contributed by atoms with Crippen LogP contribution >= 0.6 is 0 Å². The van der Waals surface area contributed by atoms with Crippen LogP contribution in [-0.2, 0) is 4.79 Å². The average molecular weight is 429 g/mol. The van der Waals surface area contributed by atoms with E-state index in [9.17, 15) is 19.2 Å². The molecule has 32 heavy (non-hydrogen) atoms. The summed E-state index contributed by atoms with van der Waals surface area (Å²) in [6, 6.07) is 16.0. The van der Waals surface area contributed by atoms with Crippen molar-refractivity contribution in [3.05, 3.63) is 76.9 Å². The normalized spacial score (nSPS) is 12.8. The molecule has 1 aliphatic rings. The Labute approximate surface area is 185 Å². The zero-order valence-electron chi connectivity index (χ0n) is 17.9. The SMILES string of the molecule is CNC(=O)c1c(C)cccc1NC(=O)CCCN1C(=O)c2cccc3cccc(c23)C1=O. The molecule has 0 fully saturated rings. The molecule has 7 nitrogen and oxygen atoms in total. The molecule has 1 heterocycles. The van der Waals surface area contributed by atoms with E-state index >= 15 is 0 Å². The van der Waals surface area contributed by atoms with E-state index in [2.05, 4.69) is 10.6 Å². The number of imide groups is 1. The Morgan fingerprint density at radius 3 is 2.16 bits per heavy atom. The summed E-state index contributed by atoms with van der Waals surface area (Å²) in [5.41, 5.74) is 2.59. The Bertz CT molecular complexity index is 1210. The Hall–Kier alpha value is -4.00. The minimum Gasteiger partial charge on any atom is -0.355 e. The molecule has 0 radical (unpaired) electrons. The minimum atomic E-state index is -0.347. The number of amides is 4. The second-order valence-corrected chi connectivity index (χ2v) is 7.70. The maximum absolute atomic E-state index is 12.9. The van der Waals surface area contributed by atoms with Gasteiger partial charge in [0.05, 0.1) is 11.3 Å².